The van der Waals surface area contributed by atoms with Crippen LogP contribution in [0.4, 0.5) is 17.5 Å². The van der Waals surface area contributed by atoms with Crippen LogP contribution in [0.15, 0.2) is 34.9 Å². The minimum Gasteiger partial charge on any atom is -0.343 e. The second-order valence-electron chi connectivity index (χ2n) is 4.55. The van der Waals surface area contributed by atoms with Crippen LogP contribution in [0.25, 0.3) is 0 Å². The van der Waals surface area contributed by atoms with Crippen LogP contribution in [0.5, 0.6) is 0 Å². The summed E-state index contributed by atoms with van der Waals surface area (Å²) in [6.07, 6.45) is 3.88. The molecule has 0 saturated heterocycles. The van der Waals surface area contributed by atoms with Crippen molar-refractivity contribution in [2.45, 2.75) is 19.8 Å². The molecule has 0 aliphatic rings. The number of hydrogen-bond acceptors (Lipinski definition) is 5. The lowest BCUT2D eigenvalue weighted by molar-refractivity contribution is 0.741. The van der Waals surface area contributed by atoms with Crippen LogP contribution in [0.1, 0.15) is 19.8 Å². The van der Waals surface area contributed by atoms with Crippen molar-refractivity contribution < 1.29 is 0 Å². The highest BCUT2D eigenvalue weighted by atomic mass is 79.9. The summed E-state index contributed by atoms with van der Waals surface area (Å²) in [7, 11) is 1.98. The van der Waals surface area contributed by atoms with Crippen molar-refractivity contribution in [2.75, 3.05) is 23.8 Å². The number of benzene rings is 1. The first-order chi connectivity index (χ1) is 9.69. The molecule has 0 amide bonds. The van der Waals surface area contributed by atoms with Gasteiger partial charge in [0.2, 0.25) is 5.95 Å². The molecule has 2 aromatic rings. The highest BCUT2D eigenvalue weighted by Gasteiger charge is 2.06. The van der Waals surface area contributed by atoms with Crippen LogP contribution in [-0.2, 0) is 0 Å². The van der Waals surface area contributed by atoms with Crippen molar-refractivity contribution in [1.82, 2.24) is 15.2 Å². The predicted octanol–water partition coefficient (Wildman–Crippen LogP) is 3.61. The molecule has 1 aromatic heterocycles. The molecule has 0 spiro atoms. The minimum absolute atomic E-state index is 0.637. The van der Waals surface area contributed by atoms with E-state index in [0.29, 0.717) is 11.8 Å². The molecule has 0 aliphatic carbocycles. The van der Waals surface area contributed by atoms with E-state index in [-0.39, 0.29) is 0 Å². The van der Waals surface area contributed by atoms with E-state index in [4.69, 9.17) is 0 Å². The van der Waals surface area contributed by atoms with E-state index >= 15 is 0 Å². The number of halogens is 1. The van der Waals surface area contributed by atoms with Crippen LogP contribution in [0.3, 0.4) is 0 Å². The zero-order valence-corrected chi connectivity index (χ0v) is 13.3. The van der Waals surface area contributed by atoms with E-state index in [1.807, 2.05) is 36.2 Å². The van der Waals surface area contributed by atoms with E-state index in [2.05, 4.69) is 43.4 Å². The zero-order chi connectivity index (χ0) is 14.4. The third-order valence-electron chi connectivity index (χ3n) is 2.83. The molecule has 0 fully saturated rings. The second kappa shape index (κ2) is 7.19. The quantitative estimate of drug-likeness (QED) is 0.873. The van der Waals surface area contributed by atoms with Gasteiger partial charge in [-0.05, 0) is 24.6 Å². The summed E-state index contributed by atoms with van der Waals surface area (Å²) in [4.78, 5) is 6.49. The van der Waals surface area contributed by atoms with Gasteiger partial charge in [-0.2, -0.15) is 10.1 Å². The third-order valence-corrected chi connectivity index (χ3v) is 3.33. The Balaban J connectivity index is 2.09. The topological polar surface area (TPSA) is 53.9 Å². The molecular weight excluding hydrogens is 318 g/mol. The molecule has 0 saturated carbocycles. The Morgan fingerprint density at radius 1 is 1.35 bits per heavy atom. The maximum atomic E-state index is 4.48. The van der Waals surface area contributed by atoms with Crippen molar-refractivity contribution in [3.05, 3.63) is 34.9 Å². The molecular formula is C14H18BrN5. The Hall–Kier alpha value is -1.69. The molecule has 106 valence electrons. The average Bonchev–Trinajstić information content (AvgIpc) is 2.45. The highest BCUT2D eigenvalue weighted by molar-refractivity contribution is 9.10. The van der Waals surface area contributed by atoms with Gasteiger partial charge in [-0.1, -0.05) is 35.3 Å². The first-order valence-electron chi connectivity index (χ1n) is 6.62. The van der Waals surface area contributed by atoms with Crippen LogP contribution in [-0.4, -0.2) is 28.8 Å². The highest BCUT2D eigenvalue weighted by Crippen LogP contribution is 2.19. The number of nitrogens with one attached hydrogen (secondary N) is 1. The summed E-state index contributed by atoms with van der Waals surface area (Å²) >= 11 is 3.45. The van der Waals surface area contributed by atoms with E-state index < -0.39 is 0 Å². The fraction of sp³-hybridized carbons (Fsp3) is 0.357. The van der Waals surface area contributed by atoms with Crippen LogP contribution < -0.4 is 10.2 Å². The van der Waals surface area contributed by atoms with E-state index in [1.54, 1.807) is 6.20 Å². The first-order valence-corrected chi connectivity index (χ1v) is 7.42. The molecule has 5 nitrogen and oxygen atoms in total. The molecule has 0 radical (unpaired) electrons. The molecule has 0 atom stereocenters. The Morgan fingerprint density at radius 2 is 2.20 bits per heavy atom. The zero-order valence-electron chi connectivity index (χ0n) is 11.7. The van der Waals surface area contributed by atoms with Gasteiger partial charge in [0.05, 0.1) is 6.20 Å². The van der Waals surface area contributed by atoms with Gasteiger partial charge in [-0.3, -0.25) is 0 Å². The van der Waals surface area contributed by atoms with Crippen molar-refractivity contribution >= 4 is 33.4 Å². The molecule has 6 heteroatoms. The monoisotopic (exact) mass is 335 g/mol. The predicted molar refractivity (Wildman–Crippen MR) is 85.4 cm³/mol. The normalized spacial score (nSPS) is 10.3. The summed E-state index contributed by atoms with van der Waals surface area (Å²) in [5, 5.41) is 11.3. The number of rotatable bonds is 6. The van der Waals surface area contributed by atoms with Gasteiger partial charge >= 0.3 is 0 Å². The van der Waals surface area contributed by atoms with Gasteiger partial charge in [-0.15, -0.1) is 5.10 Å². The van der Waals surface area contributed by atoms with Gasteiger partial charge < -0.3 is 10.2 Å². The average molecular weight is 336 g/mol. The maximum Gasteiger partial charge on any atom is 0.247 e. The summed E-state index contributed by atoms with van der Waals surface area (Å²) < 4.78 is 1.02. The number of nitrogens with zero attached hydrogens (tertiary/aromatic N) is 4. The first kappa shape index (κ1) is 14.7. The van der Waals surface area contributed by atoms with Crippen molar-refractivity contribution in [1.29, 1.82) is 0 Å². The Bertz CT molecular complexity index is 561. The number of aromatic nitrogens is 3. The largest absolute Gasteiger partial charge is 0.343 e. The van der Waals surface area contributed by atoms with Gasteiger partial charge in [0, 0.05) is 23.8 Å². The van der Waals surface area contributed by atoms with Gasteiger partial charge in [0.1, 0.15) is 0 Å². The Labute approximate surface area is 127 Å². The molecule has 0 bridgehead atoms. The summed E-state index contributed by atoms with van der Waals surface area (Å²) in [6, 6.07) is 7.92. The van der Waals surface area contributed by atoms with E-state index in [1.165, 1.54) is 0 Å². The smallest absolute Gasteiger partial charge is 0.247 e. The lowest BCUT2D eigenvalue weighted by atomic mass is 10.3. The number of unbranched alkanes of at least 4 members (excludes halogenated alkanes) is 1. The van der Waals surface area contributed by atoms with Crippen molar-refractivity contribution in [3.63, 3.8) is 0 Å². The molecule has 2 rings (SSSR count). The molecule has 1 N–H and O–H groups in total. The standard InChI is InChI=1S/C14H18BrN5/c1-3-4-8-20(2)14-18-13(10-16-19-14)17-12-7-5-6-11(15)9-12/h5-7,9-10H,3-4,8H2,1-2H3,(H,17,18,19). The summed E-state index contributed by atoms with van der Waals surface area (Å²) in [5.41, 5.74) is 0.960. The SMILES string of the molecule is CCCCN(C)c1nncc(Nc2cccc(Br)c2)n1. The molecule has 1 heterocycles. The lowest BCUT2D eigenvalue weighted by Gasteiger charge is -2.16. The Kier molecular flexibility index (Phi) is 5.29. The molecule has 0 aliphatic heterocycles. The third kappa shape index (κ3) is 4.16. The van der Waals surface area contributed by atoms with E-state index in [9.17, 15) is 0 Å². The fourth-order valence-corrected chi connectivity index (χ4v) is 2.12. The van der Waals surface area contributed by atoms with Gasteiger partial charge in [0.15, 0.2) is 5.82 Å². The van der Waals surface area contributed by atoms with E-state index in [0.717, 1.165) is 29.5 Å². The van der Waals surface area contributed by atoms with Crippen molar-refractivity contribution in [3.8, 4) is 0 Å². The van der Waals surface area contributed by atoms with Crippen molar-refractivity contribution in [2.24, 2.45) is 0 Å². The van der Waals surface area contributed by atoms with Crippen LogP contribution >= 0.6 is 15.9 Å². The lowest BCUT2D eigenvalue weighted by Crippen LogP contribution is -2.21. The Morgan fingerprint density at radius 3 is 2.95 bits per heavy atom. The minimum atomic E-state index is 0.637. The molecule has 20 heavy (non-hydrogen) atoms. The van der Waals surface area contributed by atoms with Gasteiger partial charge in [-0.25, -0.2) is 0 Å². The molecule has 0 unspecified atom stereocenters. The summed E-state index contributed by atoms with van der Waals surface area (Å²) in [5.74, 6) is 1.33. The van der Waals surface area contributed by atoms with Crippen LogP contribution in [0, 0.1) is 0 Å². The second-order valence-corrected chi connectivity index (χ2v) is 5.47. The number of hydrogen-bond donors (Lipinski definition) is 1. The fourth-order valence-electron chi connectivity index (χ4n) is 1.73. The summed E-state index contributed by atoms with van der Waals surface area (Å²) in [6.45, 7) is 3.09. The van der Waals surface area contributed by atoms with Crippen LogP contribution in [0.2, 0.25) is 0 Å². The molecule has 1 aromatic carbocycles. The number of anilines is 3. The van der Waals surface area contributed by atoms with Gasteiger partial charge in [0.25, 0.3) is 0 Å². The maximum absolute atomic E-state index is 4.48.